The Bertz CT molecular complexity index is 539. The van der Waals surface area contributed by atoms with Gasteiger partial charge in [-0.2, -0.15) is 0 Å². The number of hydrogen-bond acceptors (Lipinski definition) is 4. The molecule has 1 N–H and O–H groups in total. The van der Waals surface area contributed by atoms with Crippen LogP contribution in [-0.4, -0.2) is 44.3 Å². The quantitative estimate of drug-likeness (QED) is 0.743. The Morgan fingerprint density at radius 2 is 1.70 bits per heavy atom. The molecule has 1 aromatic rings. The van der Waals surface area contributed by atoms with Crippen LogP contribution in [0.15, 0.2) is 54.5 Å². The molecule has 0 heterocycles. The highest BCUT2D eigenvalue weighted by molar-refractivity contribution is 7.90. The van der Waals surface area contributed by atoms with Crippen molar-refractivity contribution in [2.45, 2.75) is 11.0 Å². The van der Waals surface area contributed by atoms with Gasteiger partial charge in [0.2, 0.25) is 0 Å². The molecular formula is C15H21NO3S. The van der Waals surface area contributed by atoms with Gasteiger partial charge >= 0.3 is 0 Å². The SMILES string of the molecule is C=CCN(CC=C)CC(O)c1ccc(S(C)(=O)=O)cc1. The van der Waals surface area contributed by atoms with Crippen LogP contribution >= 0.6 is 0 Å². The predicted molar refractivity (Wildman–Crippen MR) is 81.3 cm³/mol. The van der Waals surface area contributed by atoms with Crippen molar-refractivity contribution in [3.05, 3.63) is 55.1 Å². The lowest BCUT2D eigenvalue weighted by Gasteiger charge is -2.22. The van der Waals surface area contributed by atoms with E-state index < -0.39 is 15.9 Å². The first-order chi connectivity index (χ1) is 9.38. The normalized spacial score (nSPS) is 13.2. The molecule has 0 radical (unpaired) electrons. The highest BCUT2D eigenvalue weighted by atomic mass is 32.2. The first kappa shape index (κ1) is 16.6. The summed E-state index contributed by atoms with van der Waals surface area (Å²) in [6, 6.07) is 6.31. The summed E-state index contributed by atoms with van der Waals surface area (Å²) in [5.41, 5.74) is 0.690. The zero-order valence-electron chi connectivity index (χ0n) is 11.7. The fraction of sp³-hybridized carbons (Fsp3) is 0.333. The second-order valence-electron chi connectivity index (χ2n) is 4.65. The first-order valence-electron chi connectivity index (χ1n) is 6.30. The maximum atomic E-state index is 11.4. The number of aliphatic hydroxyl groups is 1. The summed E-state index contributed by atoms with van der Waals surface area (Å²) in [6.45, 7) is 9.11. The van der Waals surface area contributed by atoms with Crippen molar-refractivity contribution in [1.29, 1.82) is 0 Å². The van der Waals surface area contributed by atoms with Crippen LogP contribution in [0.1, 0.15) is 11.7 Å². The molecule has 0 amide bonds. The first-order valence-corrected chi connectivity index (χ1v) is 8.20. The van der Waals surface area contributed by atoms with E-state index in [1.165, 1.54) is 12.1 Å². The number of benzene rings is 1. The maximum absolute atomic E-state index is 11.4. The Hall–Kier alpha value is -1.43. The molecule has 0 aliphatic carbocycles. The summed E-state index contributed by atoms with van der Waals surface area (Å²) < 4.78 is 22.7. The molecule has 1 unspecified atom stereocenters. The largest absolute Gasteiger partial charge is 0.387 e. The van der Waals surface area contributed by atoms with Crippen molar-refractivity contribution in [3.8, 4) is 0 Å². The van der Waals surface area contributed by atoms with Gasteiger partial charge in [0, 0.05) is 25.9 Å². The Kier molecular flexibility index (Phi) is 6.13. The van der Waals surface area contributed by atoms with Crippen LogP contribution < -0.4 is 0 Å². The third-order valence-corrected chi connectivity index (χ3v) is 4.03. The minimum absolute atomic E-state index is 0.252. The molecule has 1 rings (SSSR count). The van der Waals surface area contributed by atoms with Crippen LogP contribution in [-0.2, 0) is 9.84 Å². The van der Waals surface area contributed by atoms with Crippen molar-refractivity contribution >= 4 is 9.84 Å². The Labute approximate surface area is 121 Å². The van der Waals surface area contributed by atoms with Gasteiger partial charge in [-0.3, -0.25) is 4.90 Å². The molecule has 0 fully saturated rings. The standard InChI is InChI=1S/C15H21NO3S/c1-4-10-16(11-5-2)12-15(17)13-6-8-14(9-7-13)20(3,18)19/h4-9,15,17H,1-2,10-12H2,3H3. The molecule has 0 saturated carbocycles. The molecular weight excluding hydrogens is 274 g/mol. The van der Waals surface area contributed by atoms with Crippen LogP contribution in [0.3, 0.4) is 0 Å². The van der Waals surface area contributed by atoms with Gasteiger partial charge in [0.15, 0.2) is 9.84 Å². The van der Waals surface area contributed by atoms with Crippen LogP contribution in [0.4, 0.5) is 0 Å². The third kappa shape index (κ3) is 4.92. The smallest absolute Gasteiger partial charge is 0.175 e. The summed E-state index contributed by atoms with van der Waals surface area (Å²) in [7, 11) is -3.20. The fourth-order valence-electron chi connectivity index (χ4n) is 1.88. The average molecular weight is 295 g/mol. The fourth-order valence-corrected chi connectivity index (χ4v) is 2.51. The van der Waals surface area contributed by atoms with Crippen LogP contribution in [0.2, 0.25) is 0 Å². The molecule has 5 heteroatoms. The maximum Gasteiger partial charge on any atom is 0.175 e. The third-order valence-electron chi connectivity index (χ3n) is 2.90. The van der Waals surface area contributed by atoms with Crippen LogP contribution in [0, 0.1) is 0 Å². The number of aliphatic hydroxyl groups excluding tert-OH is 1. The minimum atomic E-state index is -3.20. The lowest BCUT2D eigenvalue weighted by Crippen LogP contribution is -2.29. The summed E-state index contributed by atoms with van der Waals surface area (Å²) in [4.78, 5) is 2.25. The Balaban J connectivity index is 2.78. The second-order valence-corrected chi connectivity index (χ2v) is 6.67. The van der Waals surface area contributed by atoms with Crippen molar-refractivity contribution in [1.82, 2.24) is 4.90 Å². The summed E-state index contributed by atoms with van der Waals surface area (Å²) in [5, 5.41) is 10.2. The van der Waals surface area contributed by atoms with Gasteiger partial charge in [-0.1, -0.05) is 24.3 Å². The van der Waals surface area contributed by atoms with E-state index in [1.54, 1.807) is 24.3 Å². The summed E-state index contributed by atoms with van der Waals surface area (Å²) >= 11 is 0. The van der Waals surface area contributed by atoms with E-state index in [9.17, 15) is 13.5 Å². The topological polar surface area (TPSA) is 57.6 Å². The molecule has 1 aromatic carbocycles. The van der Waals surface area contributed by atoms with E-state index in [0.29, 0.717) is 25.2 Å². The lowest BCUT2D eigenvalue weighted by molar-refractivity contribution is 0.125. The lowest BCUT2D eigenvalue weighted by atomic mass is 10.1. The summed E-state index contributed by atoms with van der Waals surface area (Å²) in [6.07, 6.45) is 4.02. The highest BCUT2D eigenvalue weighted by Gasteiger charge is 2.13. The zero-order chi connectivity index (χ0) is 15.2. The molecule has 0 saturated heterocycles. The molecule has 0 bridgehead atoms. The van der Waals surface area contributed by atoms with Gasteiger partial charge in [0.05, 0.1) is 11.0 Å². The molecule has 0 spiro atoms. The van der Waals surface area contributed by atoms with Gasteiger partial charge in [-0.25, -0.2) is 8.42 Å². The number of rotatable bonds is 8. The molecule has 1 atom stereocenters. The molecule has 0 aliphatic heterocycles. The van der Waals surface area contributed by atoms with Crippen molar-refractivity contribution < 1.29 is 13.5 Å². The van der Waals surface area contributed by atoms with Crippen molar-refractivity contribution in [3.63, 3.8) is 0 Å². The van der Waals surface area contributed by atoms with E-state index >= 15 is 0 Å². The molecule has 0 aromatic heterocycles. The Morgan fingerprint density at radius 1 is 1.20 bits per heavy atom. The molecule has 110 valence electrons. The van der Waals surface area contributed by atoms with E-state index in [2.05, 4.69) is 13.2 Å². The highest BCUT2D eigenvalue weighted by Crippen LogP contribution is 2.17. The molecule has 20 heavy (non-hydrogen) atoms. The van der Waals surface area contributed by atoms with Gasteiger partial charge < -0.3 is 5.11 Å². The van der Waals surface area contributed by atoms with Gasteiger partial charge in [-0.15, -0.1) is 13.2 Å². The van der Waals surface area contributed by atoms with Gasteiger partial charge in [0.1, 0.15) is 0 Å². The molecule has 4 nitrogen and oxygen atoms in total. The minimum Gasteiger partial charge on any atom is -0.387 e. The predicted octanol–water partition coefficient (Wildman–Crippen LogP) is 1.80. The number of nitrogens with zero attached hydrogens (tertiary/aromatic N) is 1. The van der Waals surface area contributed by atoms with Crippen LogP contribution in [0.5, 0.6) is 0 Å². The molecule has 0 aliphatic rings. The van der Waals surface area contributed by atoms with Gasteiger partial charge in [0.25, 0.3) is 0 Å². The monoisotopic (exact) mass is 295 g/mol. The van der Waals surface area contributed by atoms with E-state index in [1.807, 2.05) is 4.90 Å². The zero-order valence-corrected chi connectivity index (χ0v) is 12.5. The van der Waals surface area contributed by atoms with Gasteiger partial charge in [-0.05, 0) is 17.7 Å². The average Bonchev–Trinajstić information content (AvgIpc) is 2.38. The van der Waals surface area contributed by atoms with Crippen LogP contribution in [0.25, 0.3) is 0 Å². The van der Waals surface area contributed by atoms with Crippen molar-refractivity contribution in [2.24, 2.45) is 0 Å². The van der Waals surface area contributed by atoms with Crippen molar-refractivity contribution in [2.75, 3.05) is 25.9 Å². The van der Waals surface area contributed by atoms with E-state index in [-0.39, 0.29) is 4.90 Å². The second kappa shape index (κ2) is 7.38. The van der Waals surface area contributed by atoms with E-state index in [0.717, 1.165) is 6.26 Å². The number of sulfone groups is 1. The van der Waals surface area contributed by atoms with E-state index in [4.69, 9.17) is 0 Å². The Morgan fingerprint density at radius 3 is 2.10 bits per heavy atom. The summed E-state index contributed by atoms with van der Waals surface area (Å²) in [5.74, 6) is 0. The number of hydrogen-bond donors (Lipinski definition) is 1.